The highest BCUT2D eigenvalue weighted by atomic mass is 35.5. The molecule has 7 heteroatoms. The van der Waals surface area contributed by atoms with Gasteiger partial charge in [-0.15, -0.1) is 5.10 Å². The monoisotopic (exact) mass is 327 g/mol. The number of benzene rings is 2. The van der Waals surface area contributed by atoms with Crippen molar-refractivity contribution in [3.63, 3.8) is 0 Å². The summed E-state index contributed by atoms with van der Waals surface area (Å²) >= 11 is 5.89. The van der Waals surface area contributed by atoms with Crippen LogP contribution in [0.15, 0.2) is 48.5 Å². The Morgan fingerprint density at radius 3 is 2.65 bits per heavy atom. The van der Waals surface area contributed by atoms with E-state index in [1.54, 1.807) is 24.3 Å². The Labute approximate surface area is 137 Å². The van der Waals surface area contributed by atoms with Crippen molar-refractivity contribution < 1.29 is 4.79 Å². The number of nitrogens with one attached hydrogen (secondary N) is 1. The summed E-state index contributed by atoms with van der Waals surface area (Å²) in [4.78, 5) is 12.3. The van der Waals surface area contributed by atoms with Crippen molar-refractivity contribution in [1.29, 1.82) is 0 Å². The van der Waals surface area contributed by atoms with Gasteiger partial charge < -0.3 is 11.1 Å². The molecule has 2 aromatic carbocycles. The van der Waals surface area contributed by atoms with Crippen LogP contribution in [0.2, 0.25) is 5.02 Å². The molecule has 1 heterocycles. The highest BCUT2D eigenvalue weighted by Gasteiger charge is 2.18. The number of aryl methyl sites for hydroxylation is 1. The lowest BCUT2D eigenvalue weighted by Gasteiger charge is -2.05. The van der Waals surface area contributed by atoms with Gasteiger partial charge in [-0.25, -0.2) is 0 Å². The number of nitrogens with zero attached hydrogens (tertiary/aromatic N) is 3. The zero-order chi connectivity index (χ0) is 16.4. The van der Waals surface area contributed by atoms with Crippen LogP contribution in [0.5, 0.6) is 0 Å². The maximum absolute atomic E-state index is 12.3. The van der Waals surface area contributed by atoms with Crippen molar-refractivity contribution in [3.8, 4) is 5.69 Å². The van der Waals surface area contributed by atoms with Crippen LogP contribution in [0.25, 0.3) is 5.69 Å². The molecule has 3 rings (SSSR count). The quantitative estimate of drug-likeness (QED) is 0.774. The second-order valence-electron chi connectivity index (χ2n) is 5.04. The highest BCUT2D eigenvalue weighted by molar-refractivity contribution is 6.31. The molecule has 0 atom stereocenters. The van der Waals surface area contributed by atoms with Crippen LogP contribution >= 0.6 is 11.6 Å². The lowest BCUT2D eigenvalue weighted by Crippen LogP contribution is -2.15. The number of hydrogen-bond donors (Lipinski definition) is 2. The molecule has 0 radical (unpaired) electrons. The van der Waals surface area contributed by atoms with E-state index in [0.29, 0.717) is 10.7 Å². The van der Waals surface area contributed by atoms with E-state index in [1.807, 2.05) is 31.2 Å². The van der Waals surface area contributed by atoms with E-state index in [4.69, 9.17) is 17.3 Å². The van der Waals surface area contributed by atoms with Crippen molar-refractivity contribution >= 4 is 29.0 Å². The number of nitrogen functional groups attached to an aromatic ring is 1. The number of anilines is 2. The number of carbonyl (C=O) groups excluding carboxylic acids is 1. The van der Waals surface area contributed by atoms with E-state index in [0.717, 1.165) is 11.3 Å². The molecule has 0 fully saturated rings. The number of halogens is 1. The summed E-state index contributed by atoms with van der Waals surface area (Å²) < 4.78 is 1.42. The molecular weight excluding hydrogens is 314 g/mol. The molecule has 0 aliphatic carbocycles. The third-order valence-corrected chi connectivity index (χ3v) is 3.52. The normalized spacial score (nSPS) is 10.5. The molecule has 0 bridgehead atoms. The first-order valence-electron chi connectivity index (χ1n) is 6.90. The molecule has 3 N–H and O–H groups in total. The lowest BCUT2D eigenvalue weighted by atomic mass is 10.2. The molecule has 1 amide bonds. The molecule has 0 saturated heterocycles. The zero-order valence-corrected chi connectivity index (χ0v) is 13.1. The Hall–Kier alpha value is -2.86. The van der Waals surface area contributed by atoms with Crippen molar-refractivity contribution in [2.75, 3.05) is 11.1 Å². The minimum absolute atomic E-state index is 0.0607. The van der Waals surface area contributed by atoms with Crippen molar-refractivity contribution in [3.05, 3.63) is 64.8 Å². The van der Waals surface area contributed by atoms with Gasteiger partial charge in [-0.1, -0.05) is 40.6 Å². The van der Waals surface area contributed by atoms with E-state index in [2.05, 4.69) is 15.6 Å². The molecule has 0 spiro atoms. The second kappa shape index (κ2) is 6.10. The van der Waals surface area contributed by atoms with E-state index in [9.17, 15) is 4.79 Å². The van der Waals surface area contributed by atoms with Crippen LogP contribution in [-0.2, 0) is 0 Å². The summed E-state index contributed by atoms with van der Waals surface area (Å²) in [5.41, 5.74) is 8.49. The third kappa shape index (κ3) is 3.17. The molecule has 116 valence electrons. The summed E-state index contributed by atoms with van der Waals surface area (Å²) in [6.45, 7) is 1.98. The van der Waals surface area contributed by atoms with Gasteiger partial charge in [-0.05, 0) is 37.3 Å². The molecule has 0 saturated carbocycles. The van der Waals surface area contributed by atoms with Crippen LogP contribution in [0.4, 0.5) is 11.5 Å². The number of rotatable bonds is 3. The minimum atomic E-state index is -0.442. The largest absolute Gasteiger partial charge is 0.382 e. The van der Waals surface area contributed by atoms with Gasteiger partial charge >= 0.3 is 0 Å². The fourth-order valence-electron chi connectivity index (χ4n) is 2.08. The number of nitrogens with two attached hydrogens (primary N) is 1. The molecule has 0 unspecified atom stereocenters. The first kappa shape index (κ1) is 15.1. The minimum Gasteiger partial charge on any atom is -0.382 e. The summed E-state index contributed by atoms with van der Waals surface area (Å²) in [6, 6.07) is 14.4. The summed E-state index contributed by atoms with van der Waals surface area (Å²) in [5, 5.41) is 11.0. The summed E-state index contributed by atoms with van der Waals surface area (Å²) in [5.74, 6) is -0.267. The van der Waals surface area contributed by atoms with Crippen LogP contribution in [0.1, 0.15) is 16.1 Å². The first-order valence-corrected chi connectivity index (χ1v) is 7.27. The van der Waals surface area contributed by atoms with Gasteiger partial charge in [0.25, 0.3) is 5.91 Å². The molecule has 3 aromatic rings. The Bertz CT molecular complexity index is 857. The van der Waals surface area contributed by atoms with Crippen molar-refractivity contribution in [2.45, 2.75) is 6.92 Å². The average molecular weight is 328 g/mol. The predicted octanol–water partition coefficient (Wildman–Crippen LogP) is 3.06. The van der Waals surface area contributed by atoms with Crippen LogP contribution in [0.3, 0.4) is 0 Å². The third-order valence-electron chi connectivity index (χ3n) is 3.28. The zero-order valence-electron chi connectivity index (χ0n) is 12.3. The molecule has 23 heavy (non-hydrogen) atoms. The molecule has 0 aliphatic heterocycles. The number of carbonyl (C=O) groups is 1. The van der Waals surface area contributed by atoms with Gasteiger partial charge in [0, 0.05) is 10.7 Å². The van der Waals surface area contributed by atoms with Crippen molar-refractivity contribution in [1.82, 2.24) is 15.0 Å². The lowest BCUT2D eigenvalue weighted by molar-refractivity contribution is 0.102. The predicted molar refractivity (Wildman–Crippen MR) is 89.9 cm³/mol. The molecule has 6 nitrogen and oxygen atoms in total. The SMILES string of the molecule is Cc1ccc(-n2nnc(C(=O)Nc3cccc(Cl)c3)c2N)cc1. The van der Waals surface area contributed by atoms with Crippen LogP contribution in [-0.4, -0.2) is 20.9 Å². The Morgan fingerprint density at radius 2 is 1.96 bits per heavy atom. The topological polar surface area (TPSA) is 85.8 Å². The van der Waals surface area contributed by atoms with Gasteiger partial charge in [0.15, 0.2) is 11.5 Å². The van der Waals surface area contributed by atoms with Gasteiger partial charge in [-0.2, -0.15) is 4.68 Å². The Balaban J connectivity index is 1.86. The van der Waals surface area contributed by atoms with E-state index in [1.165, 1.54) is 4.68 Å². The first-order chi connectivity index (χ1) is 11.0. The van der Waals surface area contributed by atoms with Crippen molar-refractivity contribution in [2.24, 2.45) is 0 Å². The summed E-state index contributed by atoms with van der Waals surface area (Å²) in [6.07, 6.45) is 0. The van der Waals surface area contributed by atoms with Gasteiger partial charge in [-0.3, -0.25) is 4.79 Å². The number of hydrogen-bond acceptors (Lipinski definition) is 4. The summed E-state index contributed by atoms with van der Waals surface area (Å²) in [7, 11) is 0. The van der Waals surface area contributed by atoms with E-state index < -0.39 is 5.91 Å². The standard InChI is InChI=1S/C16H14ClN5O/c1-10-5-7-13(8-6-10)22-15(18)14(20-21-22)16(23)19-12-4-2-3-11(17)9-12/h2-9H,18H2,1H3,(H,19,23). The van der Waals surface area contributed by atoms with Gasteiger partial charge in [0.05, 0.1) is 5.69 Å². The van der Waals surface area contributed by atoms with Gasteiger partial charge in [0.2, 0.25) is 0 Å². The Kier molecular flexibility index (Phi) is 3.99. The average Bonchev–Trinajstić information content (AvgIpc) is 2.90. The number of aromatic nitrogens is 3. The number of amides is 1. The highest BCUT2D eigenvalue weighted by Crippen LogP contribution is 2.19. The second-order valence-corrected chi connectivity index (χ2v) is 5.47. The fourth-order valence-corrected chi connectivity index (χ4v) is 2.27. The van der Waals surface area contributed by atoms with Crippen LogP contribution in [0, 0.1) is 6.92 Å². The maximum Gasteiger partial charge on any atom is 0.280 e. The van der Waals surface area contributed by atoms with E-state index in [-0.39, 0.29) is 11.5 Å². The Morgan fingerprint density at radius 1 is 1.22 bits per heavy atom. The molecular formula is C16H14ClN5O. The maximum atomic E-state index is 12.3. The molecule has 1 aromatic heterocycles. The fraction of sp³-hybridized carbons (Fsp3) is 0.0625. The smallest absolute Gasteiger partial charge is 0.280 e. The van der Waals surface area contributed by atoms with Gasteiger partial charge in [0.1, 0.15) is 0 Å². The van der Waals surface area contributed by atoms with E-state index >= 15 is 0 Å². The van der Waals surface area contributed by atoms with Crippen LogP contribution < -0.4 is 11.1 Å². The molecule has 0 aliphatic rings.